The van der Waals surface area contributed by atoms with Gasteiger partial charge < -0.3 is 10.3 Å². The van der Waals surface area contributed by atoms with E-state index in [2.05, 4.69) is 27.1 Å². The number of H-pyrrole nitrogens is 1. The molecule has 1 fully saturated rings. The van der Waals surface area contributed by atoms with Gasteiger partial charge in [0.15, 0.2) is 0 Å². The third kappa shape index (κ3) is 2.45. The van der Waals surface area contributed by atoms with Gasteiger partial charge >= 0.3 is 0 Å². The molecule has 0 radical (unpaired) electrons. The Balaban J connectivity index is 1.60. The summed E-state index contributed by atoms with van der Waals surface area (Å²) in [5.74, 6) is 0. The summed E-state index contributed by atoms with van der Waals surface area (Å²) in [6.45, 7) is 5.74. The Hall–Kier alpha value is -0.870. The van der Waals surface area contributed by atoms with Crippen molar-refractivity contribution in [1.82, 2.24) is 20.2 Å². The number of hydrogen-bond acceptors (Lipinski definition) is 3. The number of nitrogens with one attached hydrogen (secondary N) is 2. The van der Waals surface area contributed by atoms with Gasteiger partial charge in [0.05, 0.1) is 17.7 Å². The molecule has 0 aliphatic carbocycles. The number of imidazole rings is 1. The van der Waals surface area contributed by atoms with Crippen LogP contribution in [0.15, 0.2) is 6.33 Å². The van der Waals surface area contributed by atoms with Gasteiger partial charge in [-0.15, -0.1) is 0 Å². The molecule has 2 aliphatic heterocycles. The topological polar surface area (TPSA) is 44.0 Å². The number of hydrogen-bond donors (Lipinski definition) is 2. The van der Waals surface area contributed by atoms with Crippen LogP contribution in [0.4, 0.5) is 0 Å². The van der Waals surface area contributed by atoms with Gasteiger partial charge in [0.2, 0.25) is 0 Å². The normalized spacial score (nSPS) is 29.2. The Morgan fingerprint density at radius 3 is 3.28 bits per heavy atom. The van der Waals surface area contributed by atoms with Crippen molar-refractivity contribution in [2.24, 2.45) is 0 Å². The molecule has 3 heterocycles. The van der Waals surface area contributed by atoms with E-state index in [0.717, 1.165) is 19.0 Å². The van der Waals surface area contributed by atoms with E-state index in [1.165, 1.54) is 50.2 Å². The van der Waals surface area contributed by atoms with E-state index in [0.29, 0.717) is 6.04 Å². The molecule has 0 bridgehead atoms. The van der Waals surface area contributed by atoms with Gasteiger partial charge in [-0.3, -0.25) is 4.90 Å². The maximum absolute atomic E-state index is 4.43. The highest BCUT2D eigenvalue weighted by atomic mass is 15.2. The fourth-order valence-corrected chi connectivity index (χ4v) is 3.41. The molecule has 0 aromatic carbocycles. The number of fused-ring (bicyclic) bond motifs is 1. The summed E-state index contributed by atoms with van der Waals surface area (Å²) in [5.41, 5.74) is 2.54. The largest absolute Gasteiger partial charge is 0.347 e. The fraction of sp³-hybridized carbons (Fsp3) is 0.786. The Morgan fingerprint density at radius 1 is 1.44 bits per heavy atom. The van der Waals surface area contributed by atoms with Crippen LogP contribution in [0.3, 0.4) is 0 Å². The quantitative estimate of drug-likeness (QED) is 0.855. The zero-order valence-electron chi connectivity index (χ0n) is 11.3. The number of piperidine rings is 1. The zero-order valence-corrected chi connectivity index (χ0v) is 11.3. The maximum Gasteiger partial charge on any atom is 0.0925 e. The van der Waals surface area contributed by atoms with Gasteiger partial charge in [-0.2, -0.15) is 0 Å². The van der Waals surface area contributed by atoms with Crippen molar-refractivity contribution in [3.8, 4) is 0 Å². The molecule has 4 nitrogen and oxygen atoms in total. The predicted octanol–water partition coefficient (Wildman–Crippen LogP) is 1.69. The Bertz CT molecular complexity index is 387. The third-order valence-electron chi connectivity index (χ3n) is 4.49. The molecule has 0 amide bonds. The van der Waals surface area contributed by atoms with Crippen LogP contribution < -0.4 is 5.32 Å². The van der Waals surface area contributed by atoms with Crippen LogP contribution in [0.25, 0.3) is 0 Å². The lowest BCUT2D eigenvalue weighted by atomic mass is 9.97. The molecule has 1 aromatic heterocycles. The number of likely N-dealkylation sites (tertiary alicyclic amines) is 1. The molecule has 2 unspecified atom stereocenters. The van der Waals surface area contributed by atoms with E-state index < -0.39 is 0 Å². The lowest BCUT2D eigenvalue weighted by Gasteiger charge is -2.38. The minimum Gasteiger partial charge on any atom is -0.347 e. The molecule has 18 heavy (non-hydrogen) atoms. The second kappa shape index (κ2) is 5.41. The van der Waals surface area contributed by atoms with Crippen LogP contribution in [-0.2, 0) is 13.0 Å². The lowest BCUT2D eigenvalue weighted by molar-refractivity contribution is 0.127. The maximum atomic E-state index is 4.43. The van der Waals surface area contributed by atoms with Crippen molar-refractivity contribution >= 4 is 0 Å². The van der Waals surface area contributed by atoms with Gasteiger partial charge in [-0.05, 0) is 25.8 Å². The molecule has 1 saturated heterocycles. The van der Waals surface area contributed by atoms with Gasteiger partial charge in [0, 0.05) is 31.6 Å². The van der Waals surface area contributed by atoms with Crippen LogP contribution in [0.1, 0.15) is 44.0 Å². The van der Waals surface area contributed by atoms with Crippen molar-refractivity contribution < 1.29 is 0 Å². The smallest absolute Gasteiger partial charge is 0.0925 e. The monoisotopic (exact) mass is 248 g/mol. The van der Waals surface area contributed by atoms with Crippen LogP contribution in [0.2, 0.25) is 0 Å². The van der Waals surface area contributed by atoms with Crippen molar-refractivity contribution in [1.29, 1.82) is 0 Å². The highest BCUT2D eigenvalue weighted by Crippen LogP contribution is 2.21. The first-order chi connectivity index (χ1) is 8.86. The molecule has 2 aliphatic rings. The zero-order chi connectivity index (χ0) is 12.4. The highest BCUT2D eigenvalue weighted by Gasteiger charge is 2.26. The third-order valence-corrected chi connectivity index (χ3v) is 4.49. The van der Waals surface area contributed by atoms with Crippen molar-refractivity contribution in [3.05, 3.63) is 17.7 Å². The van der Waals surface area contributed by atoms with Gasteiger partial charge in [0.1, 0.15) is 0 Å². The summed E-state index contributed by atoms with van der Waals surface area (Å²) in [6, 6.07) is 1.38. The molecule has 100 valence electrons. The Morgan fingerprint density at radius 2 is 2.39 bits per heavy atom. The second-order valence-corrected chi connectivity index (χ2v) is 5.66. The summed E-state index contributed by atoms with van der Waals surface area (Å²) in [4.78, 5) is 10.3. The lowest BCUT2D eigenvalue weighted by Crippen LogP contribution is -2.49. The van der Waals surface area contributed by atoms with E-state index in [-0.39, 0.29) is 0 Å². The second-order valence-electron chi connectivity index (χ2n) is 5.66. The summed E-state index contributed by atoms with van der Waals surface area (Å²) in [5, 5.41) is 3.64. The number of aromatic nitrogens is 2. The Labute approximate surface area is 109 Å². The van der Waals surface area contributed by atoms with Crippen molar-refractivity contribution in [3.63, 3.8) is 0 Å². The summed E-state index contributed by atoms with van der Waals surface area (Å²) in [6.07, 6.45) is 8.36. The highest BCUT2D eigenvalue weighted by molar-refractivity contribution is 5.16. The first-order valence-electron chi connectivity index (χ1n) is 7.35. The van der Waals surface area contributed by atoms with Gasteiger partial charge in [-0.25, -0.2) is 4.98 Å². The van der Waals surface area contributed by atoms with Crippen LogP contribution >= 0.6 is 0 Å². The average molecular weight is 248 g/mol. The summed E-state index contributed by atoms with van der Waals surface area (Å²) >= 11 is 0. The van der Waals surface area contributed by atoms with Crippen molar-refractivity contribution in [2.75, 3.05) is 13.1 Å². The Kier molecular flexibility index (Phi) is 3.66. The fourth-order valence-electron chi connectivity index (χ4n) is 3.41. The van der Waals surface area contributed by atoms with Crippen LogP contribution in [0.5, 0.6) is 0 Å². The van der Waals surface area contributed by atoms with E-state index in [1.807, 2.05) is 6.33 Å². The van der Waals surface area contributed by atoms with E-state index in [9.17, 15) is 0 Å². The molecule has 3 rings (SSSR count). The molecule has 1 aromatic rings. The van der Waals surface area contributed by atoms with Gasteiger partial charge in [0.25, 0.3) is 0 Å². The van der Waals surface area contributed by atoms with E-state index in [1.54, 1.807) is 0 Å². The van der Waals surface area contributed by atoms with Crippen LogP contribution in [0, 0.1) is 0 Å². The van der Waals surface area contributed by atoms with Gasteiger partial charge in [-0.1, -0.05) is 13.3 Å². The number of nitrogens with zero attached hydrogens (tertiary/aromatic N) is 2. The summed E-state index contributed by atoms with van der Waals surface area (Å²) in [7, 11) is 0. The summed E-state index contributed by atoms with van der Waals surface area (Å²) < 4.78 is 0. The minimum absolute atomic E-state index is 0.577. The molecular weight excluding hydrogens is 224 g/mol. The first kappa shape index (κ1) is 12.2. The molecule has 0 saturated carbocycles. The predicted molar refractivity (Wildman–Crippen MR) is 72.4 cm³/mol. The SMILES string of the molecule is CCC1CCCCN1CC1Cc2nc[nH]c2CN1. The van der Waals surface area contributed by atoms with Crippen molar-refractivity contribution in [2.45, 2.75) is 57.7 Å². The molecular formula is C14H24N4. The number of rotatable bonds is 3. The van der Waals surface area contributed by atoms with E-state index in [4.69, 9.17) is 0 Å². The molecule has 2 N–H and O–H groups in total. The van der Waals surface area contributed by atoms with E-state index >= 15 is 0 Å². The molecule has 2 atom stereocenters. The molecule has 0 spiro atoms. The first-order valence-corrected chi connectivity index (χ1v) is 7.35. The number of aromatic amines is 1. The van der Waals surface area contributed by atoms with Crippen LogP contribution in [-0.4, -0.2) is 40.0 Å². The minimum atomic E-state index is 0.577. The standard InChI is InChI=1S/C14H24N4/c1-2-12-5-3-4-6-18(12)9-11-7-13-14(8-15-11)17-10-16-13/h10-12,15H,2-9H2,1H3,(H,16,17). The average Bonchev–Trinajstić information content (AvgIpc) is 2.87. The molecule has 4 heteroatoms.